The summed E-state index contributed by atoms with van der Waals surface area (Å²) >= 11 is 19.4. The van der Waals surface area contributed by atoms with Crippen LogP contribution >= 0.6 is 34.8 Å². The maximum atomic E-state index is 14.1. The van der Waals surface area contributed by atoms with Gasteiger partial charge in [0.15, 0.2) is 0 Å². The summed E-state index contributed by atoms with van der Waals surface area (Å²) in [4.78, 5) is 28.8. The molecule has 2 amide bonds. The molecule has 0 aromatic heterocycles. The second-order valence-corrected chi connectivity index (χ2v) is 12.7. The Labute approximate surface area is 257 Å². The molecular formula is C30H34Cl3N3O4S. The Morgan fingerprint density at radius 1 is 0.878 bits per heavy atom. The van der Waals surface area contributed by atoms with Gasteiger partial charge in [-0.3, -0.25) is 13.9 Å². The summed E-state index contributed by atoms with van der Waals surface area (Å²) in [5, 5.41) is 3.69. The van der Waals surface area contributed by atoms with E-state index in [1.54, 1.807) is 55.5 Å². The first kappa shape index (κ1) is 32.7. The van der Waals surface area contributed by atoms with Crippen LogP contribution in [0.1, 0.15) is 44.2 Å². The minimum absolute atomic E-state index is 0.000804. The number of carbonyl (C=O) groups excluding carboxylic acids is 2. The monoisotopic (exact) mass is 637 g/mol. The van der Waals surface area contributed by atoms with Crippen molar-refractivity contribution in [1.82, 2.24) is 10.2 Å². The van der Waals surface area contributed by atoms with E-state index in [1.165, 1.54) is 23.1 Å². The van der Waals surface area contributed by atoms with Crippen LogP contribution in [-0.2, 0) is 26.2 Å². The van der Waals surface area contributed by atoms with Crippen LogP contribution in [0.25, 0.3) is 0 Å². The third-order valence-electron chi connectivity index (χ3n) is 6.61. The van der Waals surface area contributed by atoms with E-state index in [2.05, 4.69) is 5.32 Å². The van der Waals surface area contributed by atoms with Crippen LogP contribution < -0.4 is 9.62 Å². The molecule has 11 heteroatoms. The second kappa shape index (κ2) is 14.9. The maximum Gasteiger partial charge on any atom is 0.264 e. The third-order valence-corrected chi connectivity index (χ3v) is 9.42. The zero-order valence-electron chi connectivity index (χ0n) is 23.2. The highest BCUT2D eigenvalue weighted by molar-refractivity contribution is 7.92. The summed E-state index contributed by atoms with van der Waals surface area (Å²) in [5.74, 6) is -0.961. The molecule has 0 spiro atoms. The van der Waals surface area contributed by atoms with Crippen molar-refractivity contribution in [2.24, 2.45) is 0 Å². The number of unbranched alkanes of at least 4 members (excludes halogenated alkanes) is 1. The Bertz CT molecular complexity index is 1450. The molecule has 0 unspecified atom stereocenters. The summed E-state index contributed by atoms with van der Waals surface area (Å²) < 4.78 is 28.9. The van der Waals surface area contributed by atoms with Crippen molar-refractivity contribution in [3.8, 4) is 0 Å². The van der Waals surface area contributed by atoms with Gasteiger partial charge in [-0.1, -0.05) is 91.0 Å². The summed E-state index contributed by atoms with van der Waals surface area (Å²) in [5.41, 5.74) is 1.47. The van der Waals surface area contributed by atoms with Crippen molar-refractivity contribution in [3.05, 3.63) is 92.9 Å². The normalized spacial score (nSPS) is 12.0. The lowest BCUT2D eigenvalue weighted by Crippen LogP contribution is -2.52. The van der Waals surface area contributed by atoms with Crippen molar-refractivity contribution in [1.29, 1.82) is 0 Å². The van der Waals surface area contributed by atoms with E-state index < -0.39 is 28.5 Å². The quantitative estimate of drug-likeness (QED) is 0.207. The first-order valence-electron chi connectivity index (χ1n) is 13.3. The van der Waals surface area contributed by atoms with Crippen molar-refractivity contribution in [2.45, 2.75) is 57.5 Å². The molecule has 0 radical (unpaired) electrons. The van der Waals surface area contributed by atoms with Crippen LogP contribution in [0.15, 0.2) is 71.6 Å². The summed E-state index contributed by atoms with van der Waals surface area (Å²) in [6.45, 7) is 5.39. The Hall–Kier alpha value is -2.78. The number of amides is 2. The lowest BCUT2D eigenvalue weighted by atomic mass is 10.1. The minimum Gasteiger partial charge on any atom is -0.354 e. The van der Waals surface area contributed by atoms with Crippen molar-refractivity contribution in [3.63, 3.8) is 0 Å². The highest BCUT2D eigenvalue weighted by Gasteiger charge is 2.34. The summed E-state index contributed by atoms with van der Waals surface area (Å²) in [7, 11) is -4.23. The van der Waals surface area contributed by atoms with E-state index in [0.29, 0.717) is 22.2 Å². The average Bonchev–Trinajstić information content (AvgIpc) is 2.94. The van der Waals surface area contributed by atoms with Gasteiger partial charge in [0.05, 0.1) is 15.6 Å². The fraction of sp³-hybridized carbons (Fsp3) is 0.333. The molecule has 0 fully saturated rings. The number of benzene rings is 3. The van der Waals surface area contributed by atoms with E-state index >= 15 is 0 Å². The van der Waals surface area contributed by atoms with Gasteiger partial charge >= 0.3 is 0 Å². The molecule has 3 aromatic carbocycles. The SMILES string of the molecule is CCCCNC(=O)[C@@H](CC)N(Cc1c(Cl)cccc1Cl)C(=O)CN(c1ccccc1Cl)S(=O)(=O)c1ccc(C)cc1. The number of carbonyl (C=O) groups is 2. The van der Waals surface area contributed by atoms with Crippen LogP contribution in [-0.4, -0.2) is 44.3 Å². The first-order chi connectivity index (χ1) is 19.5. The molecule has 41 heavy (non-hydrogen) atoms. The Kier molecular flexibility index (Phi) is 11.9. The molecule has 0 aliphatic carbocycles. The van der Waals surface area contributed by atoms with Gasteiger partial charge in [-0.2, -0.15) is 0 Å². The standard InChI is InChI=1S/C30H34Cl3N3O4S/c1-4-6-18-34-30(38)27(5-2)35(19-23-24(31)11-9-12-25(23)32)29(37)20-36(28-13-8-7-10-26(28)33)41(39,40)22-16-14-21(3)15-17-22/h7-17,27H,4-6,18-20H2,1-3H3,(H,34,38)/t27-/m1/s1. The number of halogens is 3. The largest absolute Gasteiger partial charge is 0.354 e. The predicted molar refractivity (Wildman–Crippen MR) is 166 cm³/mol. The topological polar surface area (TPSA) is 86.8 Å². The zero-order chi connectivity index (χ0) is 30.2. The highest BCUT2D eigenvalue weighted by atomic mass is 35.5. The Morgan fingerprint density at radius 2 is 1.49 bits per heavy atom. The molecule has 220 valence electrons. The molecule has 1 atom stereocenters. The zero-order valence-corrected chi connectivity index (χ0v) is 26.3. The number of aryl methyl sites for hydroxylation is 1. The van der Waals surface area contributed by atoms with Crippen LogP contribution in [0, 0.1) is 6.92 Å². The molecule has 3 aromatic rings. The molecule has 7 nitrogen and oxygen atoms in total. The van der Waals surface area contributed by atoms with Crippen LogP contribution in [0.5, 0.6) is 0 Å². The number of hydrogen-bond donors (Lipinski definition) is 1. The van der Waals surface area contributed by atoms with E-state index in [-0.39, 0.29) is 34.5 Å². The molecule has 0 aliphatic heterocycles. The van der Waals surface area contributed by atoms with Crippen LogP contribution in [0.3, 0.4) is 0 Å². The molecule has 0 heterocycles. The van der Waals surface area contributed by atoms with E-state index in [9.17, 15) is 18.0 Å². The van der Waals surface area contributed by atoms with Crippen LogP contribution in [0.4, 0.5) is 5.69 Å². The molecule has 0 aliphatic rings. The van der Waals surface area contributed by atoms with Gasteiger partial charge in [-0.15, -0.1) is 0 Å². The molecule has 1 N–H and O–H groups in total. The molecule has 0 saturated heterocycles. The summed E-state index contributed by atoms with van der Waals surface area (Å²) in [6, 6.07) is 16.8. The fourth-order valence-electron chi connectivity index (χ4n) is 4.28. The smallest absolute Gasteiger partial charge is 0.264 e. The van der Waals surface area contributed by atoms with E-state index in [0.717, 1.165) is 22.7 Å². The Balaban J connectivity index is 2.09. The maximum absolute atomic E-state index is 14.1. The van der Waals surface area contributed by atoms with Crippen molar-refractivity contribution < 1.29 is 18.0 Å². The van der Waals surface area contributed by atoms with Gasteiger partial charge in [0, 0.05) is 28.7 Å². The van der Waals surface area contributed by atoms with Gasteiger partial charge in [0.2, 0.25) is 11.8 Å². The van der Waals surface area contributed by atoms with Crippen molar-refractivity contribution >= 4 is 62.3 Å². The number of hydrogen-bond acceptors (Lipinski definition) is 4. The number of para-hydroxylation sites is 1. The molecular weight excluding hydrogens is 605 g/mol. The number of nitrogens with zero attached hydrogens (tertiary/aromatic N) is 2. The lowest BCUT2D eigenvalue weighted by Gasteiger charge is -2.33. The molecule has 0 bridgehead atoms. The highest BCUT2D eigenvalue weighted by Crippen LogP contribution is 2.32. The van der Waals surface area contributed by atoms with Gasteiger partial charge < -0.3 is 10.2 Å². The third kappa shape index (κ3) is 8.16. The van der Waals surface area contributed by atoms with Gasteiger partial charge in [-0.05, 0) is 56.2 Å². The fourth-order valence-corrected chi connectivity index (χ4v) is 6.52. The first-order valence-corrected chi connectivity index (χ1v) is 15.9. The van der Waals surface area contributed by atoms with Crippen LogP contribution in [0.2, 0.25) is 15.1 Å². The average molecular weight is 639 g/mol. The second-order valence-electron chi connectivity index (χ2n) is 9.57. The summed E-state index contributed by atoms with van der Waals surface area (Å²) in [6.07, 6.45) is 1.95. The molecule has 3 rings (SSSR count). The Morgan fingerprint density at radius 3 is 2.07 bits per heavy atom. The minimum atomic E-state index is -4.23. The predicted octanol–water partition coefficient (Wildman–Crippen LogP) is 6.87. The van der Waals surface area contributed by atoms with Gasteiger partial charge in [0.1, 0.15) is 12.6 Å². The number of sulfonamides is 1. The lowest BCUT2D eigenvalue weighted by molar-refractivity contribution is -0.140. The van der Waals surface area contributed by atoms with Crippen molar-refractivity contribution in [2.75, 3.05) is 17.4 Å². The number of nitrogens with one attached hydrogen (secondary N) is 1. The van der Waals surface area contributed by atoms with Gasteiger partial charge in [-0.25, -0.2) is 8.42 Å². The molecule has 0 saturated carbocycles. The van der Waals surface area contributed by atoms with E-state index in [1.807, 2.05) is 13.8 Å². The number of rotatable bonds is 13. The number of anilines is 1. The van der Waals surface area contributed by atoms with E-state index in [4.69, 9.17) is 34.8 Å². The van der Waals surface area contributed by atoms with Gasteiger partial charge in [0.25, 0.3) is 10.0 Å².